The second-order valence-corrected chi connectivity index (χ2v) is 4.61. The van der Waals surface area contributed by atoms with E-state index in [0.29, 0.717) is 18.4 Å². The smallest absolute Gasteiger partial charge is 0.360 e. The predicted molar refractivity (Wildman–Crippen MR) is 70.5 cm³/mol. The Kier molecular flexibility index (Phi) is 4.72. The summed E-state index contributed by atoms with van der Waals surface area (Å²) in [5.74, 6) is 0.605. The third kappa shape index (κ3) is 3.01. The Balaban J connectivity index is 2.84. The Morgan fingerprint density at radius 2 is 2.17 bits per heavy atom. The average Bonchev–Trinajstić information content (AvgIpc) is 2.61. The maximum absolute atomic E-state index is 11.5. The number of carbonyl (C=O) groups is 1. The summed E-state index contributed by atoms with van der Waals surface area (Å²) in [6.07, 6.45) is 0. The second kappa shape index (κ2) is 5.86. The van der Waals surface area contributed by atoms with Gasteiger partial charge in [0.05, 0.1) is 7.11 Å². The van der Waals surface area contributed by atoms with Crippen LogP contribution in [0.1, 0.15) is 30.2 Å². The number of nitrogens with zero attached hydrogens (tertiary/aromatic N) is 3. The maximum atomic E-state index is 11.5. The fourth-order valence-electron chi connectivity index (χ4n) is 1.63. The van der Waals surface area contributed by atoms with Crippen molar-refractivity contribution >= 4 is 11.8 Å². The number of rotatable bonds is 5. The van der Waals surface area contributed by atoms with Gasteiger partial charge in [0, 0.05) is 19.1 Å². The molecule has 0 aromatic carbocycles. The van der Waals surface area contributed by atoms with Gasteiger partial charge in [-0.25, -0.2) is 9.78 Å². The van der Waals surface area contributed by atoms with E-state index in [2.05, 4.69) is 28.5 Å². The van der Waals surface area contributed by atoms with E-state index in [4.69, 9.17) is 5.73 Å². The van der Waals surface area contributed by atoms with Gasteiger partial charge in [-0.15, -0.1) is 0 Å². The number of ether oxygens (including phenoxy) is 1. The standard InChI is InChI=1S/C12H22N4O2/c1-8(2)15(4)6-7-16-9(3)14-10(11(16)13)12(17)18-5/h8H,6-7,13H2,1-5H3. The first kappa shape index (κ1) is 14.5. The van der Waals surface area contributed by atoms with Crippen LogP contribution in [-0.2, 0) is 11.3 Å². The number of aryl methyl sites for hydroxylation is 1. The Hall–Kier alpha value is -1.56. The summed E-state index contributed by atoms with van der Waals surface area (Å²) >= 11 is 0. The molecule has 6 heteroatoms. The molecule has 0 aliphatic rings. The van der Waals surface area contributed by atoms with E-state index in [9.17, 15) is 4.79 Å². The number of imidazole rings is 1. The van der Waals surface area contributed by atoms with Crippen LogP contribution < -0.4 is 5.73 Å². The molecule has 0 saturated heterocycles. The first-order valence-electron chi connectivity index (χ1n) is 5.99. The average molecular weight is 254 g/mol. The highest BCUT2D eigenvalue weighted by atomic mass is 16.5. The summed E-state index contributed by atoms with van der Waals surface area (Å²) in [6, 6.07) is 0.468. The highest BCUT2D eigenvalue weighted by Gasteiger charge is 2.19. The Bertz CT molecular complexity index is 426. The lowest BCUT2D eigenvalue weighted by Gasteiger charge is -2.21. The van der Waals surface area contributed by atoms with Crippen molar-refractivity contribution in [1.82, 2.24) is 14.5 Å². The lowest BCUT2D eigenvalue weighted by Crippen LogP contribution is -2.30. The van der Waals surface area contributed by atoms with E-state index in [1.54, 1.807) is 0 Å². The van der Waals surface area contributed by atoms with Gasteiger partial charge in [-0.3, -0.25) is 0 Å². The summed E-state index contributed by atoms with van der Waals surface area (Å²) in [6.45, 7) is 7.64. The largest absolute Gasteiger partial charge is 0.464 e. The van der Waals surface area contributed by atoms with Crippen molar-refractivity contribution in [1.29, 1.82) is 0 Å². The van der Waals surface area contributed by atoms with Crippen molar-refractivity contribution in [3.8, 4) is 0 Å². The van der Waals surface area contributed by atoms with E-state index < -0.39 is 5.97 Å². The molecule has 18 heavy (non-hydrogen) atoms. The molecular formula is C12H22N4O2. The number of carbonyl (C=O) groups excluding carboxylic acids is 1. The first-order valence-corrected chi connectivity index (χ1v) is 5.99. The molecule has 102 valence electrons. The van der Waals surface area contributed by atoms with Crippen LogP contribution in [0.4, 0.5) is 5.82 Å². The normalized spacial score (nSPS) is 11.3. The number of hydrogen-bond donors (Lipinski definition) is 1. The fraction of sp³-hybridized carbons (Fsp3) is 0.667. The molecule has 0 aliphatic carbocycles. The van der Waals surface area contributed by atoms with Crippen LogP contribution in [0.5, 0.6) is 0 Å². The molecule has 0 bridgehead atoms. The van der Waals surface area contributed by atoms with Crippen molar-refractivity contribution in [3.05, 3.63) is 11.5 Å². The molecule has 0 atom stereocenters. The molecule has 0 aliphatic heterocycles. The molecule has 2 N–H and O–H groups in total. The molecule has 6 nitrogen and oxygen atoms in total. The van der Waals surface area contributed by atoms with Gasteiger partial charge in [-0.05, 0) is 27.8 Å². The number of aromatic nitrogens is 2. The molecule has 0 fully saturated rings. The quantitative estimate of drug-likeness (QED) is 0.790. The lowest BCUT2D eigenvalue weighted by molar-refractivity contribution is 0.0595. The van der Waals surface area contributed by atoms with Gasteiger partial charge in [0.1, 0.15) is 11.6 Å². The highest BCUT2D eigenvalue weighted by Crippen LogP contribution is 2.15. The number of hydrogen-bond acceptors (Lipinski definition) is 5. The Labute approximate surface area is 108 Å². The minimum atomic E-state index is -0.494. The van der Waals surface area contributed by atoms with Crippen LogP contribution in [0.25, 0.3) is 0 Å². The van der Waals surface area contributed by atoms with Gasteiger partial charge in [-0.1, -0.05) is 0 Å². The minimum absolute atomic E-state index is 0.196. The Morgan fingerprint density at radius 1 is 1.56 bits per heavy atom. The van der Waals surface area contributed by atoms with Gasteiger partial charge < -0.3 is 19.9 Å². The van der Waals surface area contributed by atoms with E-state index in [1.165, 1.54) is 7.11 Å². The van der Waals surface area contributed by atoms with Crippen molar-refractivity contribution in [2.24, 2.45) is 0 Å². The van der Waals surface area contributed by atoms with Crippen LogP contribution >= 0.6 is 0 Å². The summed E-state index contributed by atoms with van der Waals surface area (Å²) in [5, 5.41) is 0. The Morgan fingerprint density at radius 3 is 2.67 bits per heavy atom. The van der Waals surface area contributed by atoms with Crippen molar-refractivity contribution in [2.75, 3.05) is 26.4 Å². The number of likely N-dealkylation sites (N-methyl/N-ethyl adjacent to an activating group) is 1. The van der Waals surface area contributed by atoms with E-state index >= 15 is 0 Å². The van der Waals surface area contributed by atoms with Crippen LogP contribution in [0.3, 0.4) is 0 Å². The van der Waals surface area contributed by atoms with E-state index in [-0.39, 0.29) is 5.69 Å². The van der Waals surface area contributed by atoms with Crippen molar-refractivity contribution < 1.29 is 9.53 Å². The maximum Gasteiger partial charge on any atom is 0.360 e. The summed E-state index contributed by atoms with van der Waals surface area (Å²) in [4.78, 5) is 17.8. The molecule has 0 saturated carbocycles. The molecule has 0 unspecified atom stereocenters. The molecule has 1 rings (SSSR count). The topological polar surface area (TPSA) is 73.4 Å². The van der Waals surface area contributed by atoms with Crippen LogP contribution in [0, 0.1) is 6.92 Å². The highest BCUT2D eigenvalue weighted by molar-refractivity contribution is 5.92. The van der Waals surface area contributed by atoms with Crippen molar-refractivity contribution in [2.45, 2.75) is 33.4 Å². The van der Waals surface area contributed by atoms with E-state index in [1.807, 2.05) is 18.5 Å². The zero-order valence-electron chi connectivity index (χ0n) is 11.7. The molecule has 0 radical (unpaired) electrons. The number of nitrogens with two attached hydrogens (primary N) is 1. The zero-order chi connectivity index (χ0) is 13.9. The molecule has 0 spiro atoms. The van der Waals surface area contributed by atoms with Gasteiger partial charge in [-0.2, -0.15) is 0 Å². The second-order valence-electron chi connectivity index (χ2n) is 4.61. The SMILES string of the molecule is COC(=O)c1nc(C)n(CCN(C)C(C)C)c1N. The predicted octanol–water partition coefficient (Wildman–Crippen LogP) is 0.901. The van der Waals surface area contributed by atoms with Crippen LogP contribution in [-0.4, -0.2) is 47.2 Å². The monoisotopic (exact) mass is 254 g/mol. The van der Waals surface area contributed by atoms with Crippen LogP contribution in [0.2, 0.25) is 0 Å². The number of esters is 1. The lowest BCUT2D eigenvalue weighted by atomic mass is 10.3. The minimum Gasteiger partial charge on any atom is -0.464 e. The molecule has 1 heterocycles. The van der Waals surface area contributed by atoms with E-state index in [0.717, 1.165) is 12.4 Å². The summed E-state index contributed by atoms with van der Waals surface area (Å²) < 4.78 is 6.48. The summed E-state index contributed by atoms with van der Waals surface area (Å²) in [5.41, 5.74) is 6.12. The van der Waals surface area contributed by atoms with Crippen molar-refractivity contribution in [3.63, 3.8) is 0 Å². The molecular weight excluding hydrogens is 232 g/mol. The first-order chi connectivity index (χ1) is 8.38. The van der Waals surface area contributed by atoms with Gasteiger partial charge >= 0.3 is 5.97 Å². The van der Waals surface area contributed by atoms with Gasteiger partial charge in [0.25, 0.3) is 0 Å². The number of methoxy groups -OCH3 is 1. The van der Waals surface area contributed by atoms with Crippen LogP contribution in [0.15, 0.2) is 0 Å². The third-order valence-electron chi connectivity index (χ3n) is 3.13. The zero-order valence-corrected chi connectivity index (χ0v) is 11.7. The summed E-state index contributed by atoms with van der Waals surface area (Å²) in [7, 11) is 3.37. The third-order valence-corrected chi connectivity index (χ3v) is 3.13. The molecule has 0 amide bonds. The fourth-order valence-corrected chi connectivity index (χ4v) is 1.63. The molecule has 1 aromatic rings. The number of nitrogen functional groups attached to an aromatic ring is 1. The number of anilines is 1. The van der Waals surface area contributed by atoms with Gasteiger partial charge in [0.15, 0.2) is 5.69 Å². The van der Waals surface area contributed by atoms with Gasteiger partial charge in [0.2, 0.25) is 0 Å². The molecule has 1 aromatic heterocycles.